The van der Waals surface area contributed by atoms with Crippen LogP contribution in [0.5, 0.6) is 11.5 Å². The summed E-state index contributed by atoms with van der Waals surface area (Å²) in [5.41, 5.74) is 7.05. The molecule has 1 saturated heterocycles. The Hall–Kier alpha value is -4.81. The molecule has 0 aliphatic carbocycles. The first kappa shape index (κ1) is 28.3. The van der Waals surface area contributed by atoms with Crippen LogP contribution in [0, 0.1) is 6.92 Å². The Kier molecular flexibility index (Phi) is 8.29. The van der Waals surface area contributed by atoms with Crippen LogP contribution in [0.2, 0.25) is 0 Å². The first-order chi connectivity index (χ1) is 21.1. The lowest BCUT2D eigenvalue weighted by molar-refractivity contribution is 0.0596. The summed E-state index contributed by atoms with van der Waals surface area (Å²) in [6, 6.07) is 39.5. The Morgan fingerprint density at radius 3 is 1.79 bits per heavy atom. The Morgan fingerprint density at radius 2 is 1.23 bits per heavy atom. The third-order valence-corrected chi connectivity index (χ3v) is 8.37. The van der Waals surface area contributed by atoms with Crippen LogP contribution in [-0.4, -0.2) is 60.7 Å². The van der Waals surface area contributed by atoms with Gasteiger partial charge in [0.25, 0.3) is 5.91 Å². The maximum absolute atomic E-state index is 14.1. The molecule has 5 aromatic rings. The van der Waals surface area contributed by atoms with Crippen LogP contribution in [0.1, 0.15) is 33.2 Å². The minimum atomic E-state index is 0.0598. The second kappa shape index (κ2) is 12.6. The number of ether oxygens (including phenoxy) is 2. The van der Waals surface area contributed by atoms with Crippen molar-refractivity contribution in [2.45, 2.75) is 13.0 Å². The van der Waals surface area contributed by atoms with Crippen LogP contribution in [0.3, 0.4) is 0 Å². The summed E-state index contributed by atoms with van der Waals surface area (Å²) in [5, 5.41) is 0. The average molecular weight is 572 g/mol. The zero-order valence-electron chi connectivity index (χ0n) is 24.9. The van der Waals surface area contributed by atoms with Crippen molar-refractivity contribution < 1.29 is 14.3 Å². The van der Waals surface area contributed by atoms with Crippen molar-refractivity contribution in [3.63, 3.8) is 0 Å². The van der Waals surface area contributed by atoms with Crippen molar-refractivity contribution >= 4 is 5.91 Å². The molecule has 4 aromatic carbocycles. The zero-order valence-corrected chi connectivity index (χ0v) is 24.9. The maximum atomic E-state index is 14.1. The highest BCUT2D eigenvalue weighted by Gasteiger charge is 2.30. The van der Waals surface area contributed by atoms with Crippen molar-refractivity contribution in [3.05, 3.63) is 138 Å². The summed E-state index contributed by atoms with van der Waals surface area (Å²) in [4.78, 5) is 18.6. The van der Waals surface area contributed by atoms with E-state index in [9.17, 15) is 4.79 Å². The topological polar surface area (TPSA) is 46.9 Å². The van der Waals surface area contributed by atoms with E-state index in [2.05, 4.69) is 82.3 Å². The van der Waals surface area contributed by atoms with Gasteiger partial charge >= 0.3 is 0 Å². The smallest absolute Gasteiger partial charge is 0.255 e. The molecule has 1 aromatic heterocycles. The molecule has 1 amide bonds. The van der Waals surface area contributed by atoms with E-state index in [0.29, 0.717) is 30.2 Å². The van der Waals surface area contributed by atoms with Crippen LogP contribution in [0.25, 0.3) is 16.9 Å². The number of methoxy groups -OCH3 is 2. The van der Waals surface area contributed by atoms with Gasteiger partial charge in [0.1, 0.15) is 0 Å². The molecule has 218 valence electrons. The third kappa shape index (κ3) is 5.66. The molecule has 43 heavy (non-hydrogen) atoms. The molecule has 6 rings (SSSR count). The highest BCUT2D eigenvalue weighted by atomic mass is 16.5. The predicted octanol–water partition coefficient (Wildman–Crippen LogP) is 7.02. The van der Waals surface area contributed by atoms with Crippen molar-refractivity contribution in [2.24, 2.45) is 0 Å². The number of piperazine rings is 1. The van der Waals surface area contributed by atoms with Crippen molar-refractivity contribution in [2.75, 3.05) is 40.4 Å². The van der Waals surface area contributed by atoms with Gasteiger partial charge in [-0.3, -0.25) is 9.69 Å². The van der Waals surface area contributed by atoms with Crippen LogP contribution < -0.4 is 9.47 Å². The lowest BCUT2D eigenvalue weighted by Crippen LogP contribution is -2.50. The molecule has 0 N–H and O–H groups in total. The third-order valence-electron chi connectivity index (χ3n) is 8.37. The average Bonchev–Trinajstić information content (AvgIpc) is 3.42. The Balaban J connectivity index is 1.30. The van der Waals surface area contributed by atoms with Crippen molar-refractivity contribution in [1.29, 1.82) is 0 Å². The van der Waals surface area contributed by atoms with Gasteiger partial charge < -0.3 is 18.9 Å². The fourth-order valence-electron chi connectivity index (χ4n) is 6.18. The van der Waals surface area contributed by atoms with E-state index < -0.39 is 0 Å². The number of aromatic nitrogens is 1. The fourth-order valence-corrected chi connectivity index (χ4v) is 6.18. The number of rotatable bonds is 8. The van der Waals surface area contributed by atoms with E-state index >= 15 is 0 Å². The molecule has 0 spiro atoms. The highest BCUT2D eigenvalue weighted by Crippen LogP contribution is 2.35. The molecule has 0 saturated carbocycles. The van der Waals surface area contributed by atoms with Gasteiger partial charge in [-0.05, 0) is 41.8 Å². The van der Waals surface area contributed by atoms with E-state index in [1.54, 1.807) is 14.2 Å². The molecule has 0 unspecified atom stereocenters. The number of carbonyl (C=O) groups excluding carboxylic acids is 1. The lowest BCUT2D eigenvalue weighted by atomic mass is 9.96. The van der Waals surface area contributed by atoms with Crippen LogP contribution in [0.15, 0.2) is 115 Å². The molecule has 1 aliphatic heterocycles. The van der Waals surface area contributed by atoms with Gasteiger partial charge in [0.2, 0.25) is 0 Å². The predicted molar refractivity (Wildman–Crippen MR) is 171 cm³/mol. The number of amides is 1. The first-order valence-corrected chi connectivity index (χ1v) is 14.7. The minimum Gasteiger partial charge on any atom is -0.493 e. The molecule has 0 atom stereocenters. The normalized spacial score (nSPS) is 13.7. The van der Waals surface area contributed by atoms with Gasteiger partial charge in [-0.1, -0.05) is 91.0 Å². The zero-order chi connectivity index (χ0) is 29.8. The van der Waals surface area contributed by atoms with E-state index in [-0.39, 0.29) is 11.9 Å². The summed E-state index contributed by atoms with van der Waals surface area (Å²) in [6.45, 7) is 4.93. The monoisotopic (exact) mass is 571 g/mol. The van der Waals surface area contributed by atoms with Crippen LogP contribution in [0.4, 0.5) is 0 Å². The number of carbonyl (C=O) groups is 1. The Morgan fingerprint density at radius 1 is 0.674 bits per heavy atom. The van der Waals surface area contributed by atoms with Gasteiger partial charge in [0, 0.05) is 43.6 Å². The maximum Gasteiger partial charge on any atom is 0.255 e. The highest BCUT2D eigenvalue weighted by molar-refractivity contribution is 5.97. The lowest BCUT2D eigenvalue weighted by Gasteiger charge is -2.39. The molecular formula is C37H37N3O3. The second-order valence-electron chi connectivity index (χ2n) is 10.8. The largest absolute Gasteiger partial charge is 0.493 e. The molecule has 6 nitrogen and oxygen atoms in total. The van der Waals surface area contributed by atoms with E-state index in [1.807, 2.05) is 54.3 Å². The molecule has 2 heterocycles. The molecule has 1 fully saturated rings. The van der Waals surface area contributed by atoms with Crippen LogP contribution >= 0.6 is 0 Å². The summed E-state index contributed by atoms with van der Waals surface area (Å²) in [6.07, 6.45) is 0. The van der Waals surface area contributed by atoms with Crippen molar-refractivity contribution in [3.8, 4) is 28.4 Å². The second-order valence-corrected chi connectivity index (χ2v) is 10.8. The number of hydrogen-bond donors (Lipinski definition) is 0. The van der Waals surface area contributed by atoms with Gasteiger partial charge in [0.05, 0.1) is 31.5 Å². The van der Waals surface area contributed by atoms with Gasteiger partial charge in [-0.2, -0.15) is 0 Å². The SMILES string of the molecule is COc1ccc(-n2c(-c3ccccc3)cc(C(=O)N3CCN(C(c4ccccc4)c4ccccc4)CC3)c2C)cc1OC. The quantitative estimate of drug-likeness (QED) is 0.201. The minimum absolute atomic E-state index is 0.0598. The van der Waals surface area contributed by atoms with Crippen molar-refractivity contribution in [1.82, 2.24) is 14.4 Å². The van der Waals surface area contributed by atoms with E-state index in [0.717, 1.165) is 35.7 Å². The summed E-state index contributed by atoms with van der Waals surface area (Å²) < 4.78 is 13.2. The standard InChI is InChI=1S/C37H37N3O3/c1-27-32(26-33(28-13-7-4-8-14-28)40(27)31-19-20-34(42-2)35(25-31)43-3)37(41)39-23-21-38(22-24-39)36(29-15-9-5-10-16-29)30-17-11-6-12-18-30/h4-20,25-26,36H,21-24H2,1-3H3. The van der Waals surface area contributed by atoms with Crippen LogP contribution in [-0.2, 0) is 0 Å². The number of hydrogen-bond acceptors (Lipinski definition) is 4. The molecular weight excluding hydrogens is 534 g/mol. The first-order valence-electron chi connectivity index (χ1n) is 14.7. The summed E-state index contributed by atoms with van der Waals surface area (Å²) in [7, 11) is 3.27. The molecule has 6 heteroatoms. The van der Waals surface area contributed by atoms with Gasteiger partial charge in [-0.15, -0.1) is 0 Å². The molecule has 0 radical (unpaired) electrons. The molecule has 1 aliphatic rings. The van der Waals surface area contributed by atoms with E-state index in [1.165, 1.54) is 11.1 Å². The fraction of sp³-hybridized carbons (Fsp3) is 0.216. The van der Waals surface area contributed by atoms with Gasteiger partial charge in [0.15, 0.2) is 11.5 Å². The van der Waals surface area contributed by atoms with E-state index in [4.69, 9.17) is 9.47 Å². The van der Waals surface area contributed by atoms with Gasteiger partial charge in [-0.25, -0.2) is 0 Å². The summed E-state index contributed by atoms with van der Waals surface area (Å²) in [5.74, 6) is 1.36. The number of benzene rings is 4. The molecule has 0 bridgehead atoms. The number of nitrogens with zero attached hydrogens (tertiary/aromatic N) is 3. The summed E-state index contributed by atoms with van der Waals surface area (Å²) >= 11 is 0. The Labute approximate surface area is 253 Å². The Bertz CT molecular complexity index is 1640.